The lowest BCUT2D eigenvalue weighted by Crippen LogP contribution is -2.55. The summed E-state index contributed by atoms with van der Waals surface area (Å²) in [4.78, 5) is 13.7. The molecule has 0 aliphatic carbocycles. The zero-order valence-corrected chi connectivity index (χ0v) is 13.2. The number of aryl methyl sites for hydroxylation is 1. The second-order valence-electron chi connectivity index (χ2n) is 6.31. The van der Waals surface area contributed by atoms with Crippen molar-refractivity contribution >= 4 is 5.97 Å². The molecule has 1 aliphatic heterocycles. The third kappa shape index (κ3) is 3.31. The lowest BCUT2D eigenvalue weighted by atomic mass is 9.74. The molecular weight excluding hydrogens is 285 g/mol. The molecule has 0 spiro atoms. The second-order valence-corrected chi connectivity index (χ2v) is 6.31. The number of hydrogen-bond donors (Lipinski definition) is 2. The van der Waals surface area contributed by atoms with Crippen LogP contribution in [0.1, 0.15) is 37.3 Å². The van der Waals surface area contributed by atoms with Gasteiger partial charge >= 0.3 is 5.97 Å². The third-order valence-electron chi connectivity index (χ3n) is 4.63. The van der Waals surface area contributed by atoms with Crippen LogP contribution in [0.25, 0.3) is 0 Å². The Morgan fingerprint density at radius 1 is 1.50 bits per heavy atom. The number of likely N-dealkylation sites (tertiary alicyclic amines) is 1. The van der Waals surface area contributed by atoms with Crippen LogP contribution in [-0.4, -0.2) is 40.3 Å². The number of benzene rings is 1. The summed E-state index contributed by atoms with van der Waals surface area (Å²) < 4.78 is 13.6. The maximum atomic E-state index is 13.6. The van der Waals surface area contributed by atoms with Gasteiger partial charge in [-0.1, -0.05) is 25.5 Å². The highest BCUT2D eigenvalue weighted by Gasteiger charge is 2.48. The fourth-order valence-corrected chi connectivity index (χ4v) is 3.30. The second kappa shape index (κ2) is 6.75. The van der Waals surface area contributed by atoms with Crippen LogP contribution in [0.2, 0.25) is 0 Å². The van der Waals surface area contributed by atoms with E-state index in [0.717, 1.165) is 5.56 Å². The van der Waals surface area contributed by atoms with E-state index < -0.39 is 17.5 Å². The highest BCUT2D eigenvalue weighted by Crippen LogP contribution is 2.36. The number of aliphatic carboxylic acids is 1. The fraction of sp³-hybridized carbons (Fsp3) is 0.588. The van der Waals surface area contributed by atoms with Gasteiger partial charge < -0.3 is 10.2 Å². The quantitative estimate of drug-likeness (QED) is 0.877. The third-order valence-corrected chi connectivity index (χ3v) is 4.63. The molecule has 5 heteroatoms. The van der Waals surface area contributed by atoms with Gasteiger partial charge in [-0.25, -0.2) is 4.39 Å². The standard InChI is InChI=1S/C17H24FNO3/c1-3-7-17(16(21)22)11-19(8-6-15(17)20)10-13-5-4-12(2)14(18)9-13/h4-5,9,15,20H,3,6-8,10-11H2,1-2H3,(H,21,22)/t15-,17+/m0/s1. The molecule has 1 saturated heterocycles. The fourth-order valence-electron chi connectivity index (χ4n) is 3.30. The number of carboxylic acids is 1. The van der Waals surface area contributed by atoms with Crippen LogP contribution in [0, 0.1) is 18.2 Å². The van der Waals surface area contributed by atoms with Gasteiger partial charge in [0.1, 0.15) is 11.2 Å². The molecule has 1 aromatic carbocycles. The largest absolute Gasteiger partial charge is 0.481 e. The van der Waals surface area contributed by atoms with Crippen LogP contribution in [0.5, 0.6) is 0 Å². The Hall–Kier alpha value is -1.46. The molecule has 0 radical (unpaired) electrons. The summed E-state index contributed by atoms with van der Waals surface area (Å²) in [5.74, 6) is -1.19. The number of rotatable bonds is 5. The molecule has 2 atom stereocenters. The molecule has 1 aliphatic rings. The molecule has 2 rings (SSSR count). The van der Waals surface area contributed by atoms with Crippen molar-refractivity contribution in [1.82, 2.24) is 4.90 Å². The van der Waals surface area contributed by atoms with Gasteiger partial charge in [0.25, 0.3) is 0 Å². The number of nitrogens with zero attached hydrogens (tertiary/aromatic N) is 1. The van der Waals surface area contributed by atoms with Gasteiger partial charge in [-0.3, -0.25) is 9.69 Å². The highest BCUT2D eigenvalue weighted by atomic mass is 19.1. The Morgan fingerprint density at radius 3 is 2.82 bits per heavy atom. The van der Waals surface area contributed by atoms with Crippen LogP contribution in [0.3, 0.4) is 0 Å². The minimum atomic E-state index is -1.11. The summed E-state index contributed by atoms with van der Waals surface area (Å²) in [7, 11) is 0. The Morgan fingerprint density at radius 2 is 2.23 bits per heavy atom. The molecule has 2 N–H and O–H groups in total. The van der Waals surface area contributed by atoms with Crippen molar-refractivity contribution in [3.63, 3.8) is 0 Å². The lowest BCUT2D eigenvalue weighted by molar-refractivity contribution is -0.164. The van der Waals surface area contributed by atoms with E-state index in [9.17, 15) is 19.4 Å². The van der Waals surface area contributed by atoms with Crippen LogP contribution < -0.4 is 0 Å². The Kier molecular flexibility index (Phi) is 5.19. The monoisotopic (exact) mass is 309 g/mol. The van der Waals surface area contributed by atoms with Gasteiger partial charge in [0.2, 0.25) is 0 Å². The zero-order valence-electron chi connectivity index (χ0n) is 13.2. The summed E-state index contributed by atoms with van der Waals surface area (Å²) in [6.07, 6.45) is 0.759. The first-order valence-electron chi connectivity index (χ1n) is 7.78. The van der Waals surface area contributed by atoms with Crippen LogP contribution in [0.15, 0.2) is 18.2 Å². The van der Waals surface area contributed by atoms with E-state index in [0.29, 0.717) is 44.5 Å². The van der Waals surface area contributed by atoms with E-state index in [1.54, 1.807) is 13.0 Å². The predicted molar refractivity (Wildman–Crippen MR) is 82.0 cm³/mol. The highest BCUT2D eigenvalue weighted by molar-refractivity contribution is 5.76. The van der Waals surface area contributed by atoms with Crippen LogP contribution in [-0.2, 0) is 11.3 Å². The molecule has 22 heavy (non-hydrogen) atoms. The molecule has 0 unspecified atom stereocenters. The maximum Gasteiger partial charge on any atom is 0.313 e. The molecular formula is C17H24FNO3. The number of aliphatic hydroxyl groups excluding tert-OH is 1. The van der Waals surface area contributed by atoms with Crippen molar-refractivity contribution in [3.8, 4) is 0 Å². The van der Waals surface area contributed by atoms with Crippen molar-refractivity contribution in [2.45, 2.75) is 45.8 Å². The Labute approximate surface area is 130 Å². The van der Waals surface area contributed by atoms with Gasteiger partial charge in [0.15, 0.2) is 0 Å². The van der Waals surface area contributed by atoms with E-state index in [2.05, 4.69) is 0 Å². The predicted octanol–water partition coefficient (Wildman–Crippen LogP) is 2.57. The number of carboxylic acid groups (broad SMARTS) is 1. The zero-order chi connectivity index (χ0) is 16.3. The van der Waals surface area contributed by atoms with Gasteiger partial charge in [0, 0.05) is 19.6 Å². The Balaban J connectivity index is 2.15. The first-order chi connectivity index (χ1) is 10.4. The van der Waals surface area contributed by atoms with E-state index in [4.69, 9.17) is 0 Å². The summed E-state index contributed by atoms with van der Waals surface area (Å²) in [5.41, 5.74) is 0.315. The molecule has 4 nitrogen and oxygen atoms in total. The topological polar surface area (TPSA) is 60.8 Å². The van der Waals surface area contributed by atoms with Gasteiger partial charge in [-0.05, 0) is 37.0 Å². The maximum absolute atomic E-state index is 13.6. The minimum Gasteiger partial charge on any atom is -0.481 e. The van der Waals surface area contributed by atoms with Crippen molar-refractivity contribution in [2.75, 3.05) is 13.1 Å². The summed E-state index contributed by atoms with van der Waals surface area (Å²) in [6, 6.07) is 5.11. The number of aliphatic hydroxyl groups is 1. The van der Waals surface area contributed by atoms with Gasteiger partial charge in [-0.2, -0.15) is 0 Å². The molecule has 122 valence electrons. The number of piperidine rings is 1. The molecule has 1 aromatic rings. The number of halogens is 1. The molecule has 1 fully saturated rings. The number of carbonyl (C=O) groups is 1. The smallest absolute Gasteiger partial charge is 0.313 e. The Bertz CT molecular complexity index is 549. The van der Waals surface area contributed by atoms with Gasteiger partial charge in [0.05, 0.1) is 6.10 Å². The minimum absolute atomic E-state index is 0.243. The molecule has 0 saturated carbocycles. The first-order valence-corrected chi connectivity index (χ1v) is 7.78. The van der Waals surface area contributed by atoms with Crippen molar-refractivity contribution in [3.05, 3.63) is 35.1 Å². The SMILES string of the molecule is CCC[C@@]1(C(=O)O)CN(Cc2ccc(C)c(F)c2)CC[C@@H]1O. The molecule has 1 heterocycles. The van der Waals surface area contributed by atoms with Crippen LogP contribution >= 0.6 is 0 Å². The lowest BCUT2D eigenvalue weighted by Gasteiger charge is -2.43. The summed E-state index contributed by atoms with van der Waals surface area (Å²) >= 11 is 0. The molecule has 0 amide bonds. The van der Waals surface area contributed by atoms with E-state index in [1.165, 1.54) is 6.07 Å². The number of hydrogen-bond acceptors (Lipinski definition) is 3. The van der Waals surface area contributed by atoms with Crippen molar-refractivity contribution in [2.24, 2.45) is 5.41 Å². The van der Waals surface area contributed by atoms with E-state index in [1.807, 2.05) is 17.9 Å². The van der Waals surface area contributed by atoms with Crippen molar-refractivity contribution in [1.29, 1.82) is 0 Å². The summed E-state index contributed by atoms with van der Waals surface area (Å²) in [5, 5.41) is 19.8. The average Bonchev–Trinajstić information content (AvgIpc) is 2.46. The molecule has 0 aromatic heterocycles. The van der Waals surface area contributed by atoms with Gasteiger partial charge in [-0.15, -0.1) is 0 Å². The van der Waals surface area contributed by atoms with Crippen LogP contribution in [0.4, 0.5) is 4.39 Å². The first kappa shape index (κ1) is 16.9. The average molecular weight is 309 g/mol. The summed E-state index contributed by atoms with van der Waals surface area (Å²) in [6.45, 7) is 5.06. The van der Waals surface area contributed by atoms with E-state index >= 15 is 0 Å². The van der Waals surface area contributed by atoms with E-state index in [-0.39, 0.29) is 5.82 Å². The van der Waals surface area contributed by atoms with Crippen molar-refractivity contribution < 1.29 is 19.4 Å². The molecule has 0 bridgehead atoms. The normalized spacial score (nSPS) is 26.1.